The molecule has 4 unspecified atom stereocenters. The van der Waals surface area contributed by atoms with Crippen molar-refractivity contribution in [3.63, 3.8) is 0 Å². The van der Waals surface area contributed by atoms with Crippen LogP contribution in [0.2, 0.25) is 0 Å². The molecule has 0 aromatic rings. The normalized spacial score (nSPS) is 14.2. The van der Waals surface area contributed by atoms with Gasteiger partial charge < -0.3 is 44.0 Å². The SMILES string of the molecule is CCC(C)C(NC(=O)C(CC(N)=O)NC(=O)C(N)CCCN=C(N)N)C(=O)NCC(=O)O. The van der Waals surface area contributed by atoms with Gasteiger partial charge in [-0.25, -0.2) is 0 Å². The number of carbonyl (C=O) groups is 5. The third kappa shape index (κ3) is 11.7. The average Bonchev–Trinajstić information content (AvgIpc) is 2.71. The van der Waals surface area contributed by atoms with Gasteiger partial charge in [0.15, 0.2) is 5.96 Å². The fourth-order valence-corrected chi connectivity index (χ4v) is 2.57. The number of amides is 4. The Hall–Kier alpha value is -3.42. The first-order valence-corrected chi connectivity index (χ1v) is 10.1. The van der Waals surface area contributed by atoms with Crippen LogP contribution in [0.4, 0.5) is 0 Å². The van der Waals surface area contributed by atoms with Gasteiger partial charge in [-0.3, -0.25) is 29.0 Å². The minimum absolute atomic E-state index is 0.0931. The molecule has 32 heavy (non-hydrogen) atoms. The van der Waals surface area contributed by atoms with Gasteiger partial charge in [0, 0.05) is 6.54 Å². The smallest absolute Gasteiger partial charge is 0.322 e. The molecule has 0 heterocycles. The van der Waals surface area contributed by atoms with Crippen molar-refractivity contribution in [2.75, 3.05) is 13.1 Å². The maximum Gasteiger partial charge on any atom is 0.322 e. The second-order valence-corrected chi connectivity index (χ2v) is 7.27. The standard InChI is InChI=1S/C18H34N8O6/c1-3-9(2)14(17(32)24-8-13(28)29)26-16(31)11(7-12(20)27)25-15(30)10(19)5-4-6-23-18(21)22/h9-11,14H,3-8,19H2,1-2H3,(H2,20,27)(H,24,32)(H,25,30)(H,26,31)(H,28,29)(H4,21,22,23). The van der Waals surface area contributed by atoms with Crippen LogP contribution in [0.15, 0.2) is 4.99 Å². The zero-order valence-corrected chi connectivity index (χ0v) is 18.3. The highest BCUT2D eigenvalue weighted by Crippen LogP contribution is 2.09. The van der Waals surface area contributed by atoms with Crippen LogP contribution in [-0.2, 0) is 24.0 Å². The van der Waals surface area contributed by atoms with Crippen LogP contribution in [0, 0.1) is 5.92 Å². The Morgan fingerprint density at radius 1 is 1.00 bits per heavy atom. The molecule has 0 rings (SSSR count). The predicted molar refractivity (Wildman–Crippen MR) is 116 cm³/mol. The molecule has 0 aliphatic carbocycles. The highest BCUT2D eigenvalue weighted by Gasteiger charge is 2.31. The van der Waals surface area contributed by atoms with E-state index in [2.05, 4.69) is 20.9 Å². The Labute approximate surface area is 185 Å². The van der Waals surface area contributed by atoms with E-state index in [0.29, 0.717) is 12.8 Å². The maximum absolute atomic E-state index is 12.7. The van der Waals surface area contributed by atoms with Gasteiger partial charge in [-0.05, 0) is 18.8 Å². The first kappa shape index (κ1) is 28.6. The second kappa shape index (κ2) is 14.6. The van der Waals surface area contributed by atoms with E-state index in [4.69, 9.17) is 28.0 Å². The summed E-state index contributed by atoms with van der Waals surface area (Å²) in [5, 5.41) is 15.7. The van der Waals surface area contributed by atoms with Crippen molar-refractivity contribution in [2.45, 2.75) is 57.7 Å². The lowest BCUT2D eigenvalue weighted by Gasteiger charge is -2.26. The third-order valence-corrected chi connectivity index (χ3v) is 4.55. The average molecular weight is 459 g/mol. The molecule has 0 fully saturated rings. The first-order valence-electron chi connectivity index (χ1n) is 10.1. The van der Waals surface area contributed by atoms with Crippen molar-refractivity contribution in [1.82, 2.24) is 16.0 Å². The van der Waals surface area contributed by atoms with E-state index in [1.165, 1.54) is 0 Å². The minimum Gasteiger partial charge on any atom is -0.480 e. The van der Waals surface area contributed by atoms with E-state index in [1.807, 2.05) is 0 Å². The number of primary amides is 1. The van der Waals surface area contributed by atoms with Gasteiger partial charge in [-0.15, -0.1) is 0 Å². The van der Waals surface area contributed by atoms with Gasteiger partial charge in [-0.2, -0.15) is 0 Å². The largest absolute Gasteiger partial charge is 0.480 e. The molecule has 0 saturated carbocycles. The molecule has 0 saturated heterocycles. The number of hydrogen-bond donors (Lipinski definition) is 8. The van der Waals surface area contributed by atoms with Crippen LogP contribution in [-0.4, -0.2) is 71.9 Å². The molecule has 14 nitrogen and oxygen atoms in total. The van der Waals surface area contributed by atoms with Crippen LogP contribution < -0.4 is 38.9 Å². The number of rotatable bonds is 15. The first-order chi connectivity index (χ1) is 14.9. The zero-order chi connectivity index (χ0) is 24.8. The molecule has 0 aromatic carbocycles. The molecule has 4 atom stereocenters. The molecule has 0 aromatic heterocycles. The number of nitrogens with zero attached hydrogens (tertiary/aromatic N) is 1. The van der Waals surface area contributed by atoms with Gasteiger partial charge in [0.2, 0.25) is 23.6 Å². The van der Waals surface area contributed by atoms with E-state index in [9.17, 15) is 24.0 Å². The molecule has 0 spiro atoms. The fourth-order valence-electron chi connectivity index (χ4n) is 2.57. The van der Waals surface area contributed by atoms with E-state index in [0.717, 1.165) is 0 Å². The maximum atomic E-state index is 12.7. The summed E-state index contributed by atoms with van der Waals surface area (Å²) >= 11 is 0. The van der Waals surface area contributed by atoms with Gasteiger partial charge >= 0.3 is 5.97 Å². The van der Waals surface area contributed by atoms with Crippen LogP contribution in [0.25, 0.3) is 0 Å². The van der Waals surface area contributed by atoms with Gasteiger partial charge in [0.25, 0.3) is 0 Å². The molecule has 0 aliphatic heterocycles. The number of aliphatic carboxylic acids is 1. The Morgan fingerprint density at radius 2 is 1.62 bits per heavy atom. The summed E-state index contributed by atoms with van der Waals surface area (Å²) < 4.78 is 0. The number of nitrogens with one attached hydrogen (secondary N) is 3. The number of carboxylic acids is 1. The molecule has 0 radical (unpaired) electrons. The Morgan fingerprint density at radius 3 is 2.12 bits per heavy atom. The van der Waals surface area contributed by atoms with Crippen LogP contribution in [0.3, 0.4) is 0 Å². The summed E-state index contributed by atoms with van der Waals surface area (Å²) in [6.07, 6.45) is 0.570. The van der Waals surface area contributed by atoms with Crippen LogP contribution in [0.1, 0.15) is 39.5 Å². The monoisotopic (exact) mass is 458 g/mol. The van der Waals surface area contributed by atoms with Crippen LogP contribution in [0.5, 0.6) is 0 Å². The molecular formula is C18H34N8O6. The van der Waals surface area contributed by atoms with E-state index in [-0.39, 0.29) is 24.8 Å². The minimum atomic E-state index is -1.37. The molecule has 0 bridgehead atoms. The number of carboxylic acid groups (broad SMARTS) is 1. The second-order valence-electron chi connectivity index (χ2n) is 7.27. The predicted octanol–water partition coefficient (Wildman–Crippen LogP) is -3.54. The number of guanidine groups is 1. The van der Waals surface area contributed by atoms with Gasteiger partial charge in [0.1, 0.15) is 18.6 Å². The summed E-state index contributed by atoms with van der Waals surface area (Å²) in [6, 6.07) is -3.47. The number of nitrogens with two attached hydrogens (primary N) is 4. The fraction of sp³-hybridized carbons (Fsp3) is 0.667. The molecular weight excluding hydrogens is 424 g/mol. The molecule has 12 N–H and O–H groups in total. The highest BCUT2D eigenvalue weighted by atomic mass is 16.4. The van der Waals surface area contributed by atoms with E-state index in [1.54, 1.807) is 13.8 Å². The van der Waals surface area contributed by atoms with Crippen LogP contribution >= 0.6 is 0 Å². The van der Waals surface area contributed by atoms with Crippen molar-refractivity contribution < 1.29 is 29.1 Å². The Balaban J connectivity index is 5.21. The van der Waals surface area contributed by atoms with E-state index >= 15 is 0 Å². The van der Waals surface area contributed by atoms with Crippen molar-refractivity contribution >= 4 is 35.6 Å². The summed E-state index contributed by atoms with van der Waals surface area (Å²) in [4.78, 5) is 63.3. The van der Waals surface area contributed by atoms with Crippen molar-refractivity contribution in [1.29, 1.82) is 0 Å². The van der Waals surface area contributed by atoms with E-state index < -0.39 is 60.7 Å². The topological polar surface area (TPSA) is 258 Å². The number of aliphatic imine (C=N–C) groups is 1. The lowest BCUT2D eigenvalue weighted by molar-refractivity contribution is -0.139. The molecule has 182 valence electrons. The highest BCUT2D eigenvalue weighted by molar-refractivity contribution is 5.96. The molecule has 0 aliphatic rings. The number of hydrogen-bond acceptors (Lipinski definition) is 7. The summed E-state index contributed by atoms with van der Waals surface area (Å²) in [5.41, 5.74) is 21.4. The lowest BCUT2D eigenvalue weighted by Crippen LogP contribution is -2.58. The molecule has 4 amide bonds. The Kier molecular flexibility index (Phi) is 13.0. The van der Waals surface area contributed by atoms with Crippen molar-refractivity contribution in [3.05, 3.63) is 0 Å². The number of carbonyl (C=O) groups excluding carboxylic acids is 4. The summed E-state index contributed by atoms with van der Waals surface area (Å²) in [5.74, 6) is -4.81. The Bertz CT molecular complexity index is 710. The quantitative estimate of drug-likeness (QED) is 0.0685. The van der Waals surface area contributed by atoms with Gasteiger partial charge in [0.05, 0.1) is 12.5 Å². The molecule has 14 heteroatoms. The van der Waals surface area contributed by atoms with Crippen molar-refractivity contribution in [2.24, 2.45) is 33.8 Å². The summed E-state index contributed by atoms with van der Waals surface area (Å²) in [6.45, 7) is 3.09. The van der Waals surface area contributed by atoms with Crippen molar-refractivity contribution in [3.8, 4) is 0 Å². The van der Waals surface area contributed by atoms with Gasteiger partial charge in [-0.1, -0.05) is 20.3 Å². The lowest BCUT2D eigenvalue weighted by atomic mass is 9.97. The summed E-state index contributed by atoms with van der Waals surface area (Å²) in [7, 11) is 0. The zero-order valence-electron chi connectivity index (χ0n) is 18.3. The third-order valence-electron chi connectivity index (χ3n) is 4.55.